The van der Waals surface area contributed by atoms with Gasteiger partial charge in [-0.05, 0) is 54.6 Å². The van der Waals surface area contributed by atoms with Crippen LogP contribution in [0.1, 0.15) is 10.5 Å². The van der Waals surface area contributed by atoms with Gasteiger partial charge in [0.2, 0.25) is 0 Å². The third kappa shape index (κ3) is 3.29. The number of rotatable bonds is 4. The van der Waals surface area contributed by atoms with Crippen molar-refractivity contribution in [2.75, 3.05) is 5.32 Å². The number of para-hydroxylation sites is 1. The maximum absolute atomic E-state index is 13.9. The van der Waals surface area contributed by atoms with Crippen molar-refractivity contribution in [1.82, 2.24) is 14.3 Å². The van der Waals surface area contributed by atoms with Crippen molar-refractivity contribution in [2.45, 2.75) is 0 Å². The van der Waals surface area contributed by atoms with Crippen molar-refractivity contribution in [1.29, 1.82) is 0 Å². The molecular formula is C21H16F2N4O. The Labute approximate surface area is 159 Å². The molecule has 4 rings (SSSR count). The van der Waals surface area contributed by atoms with E-state index in [0.717, 1.165) is 5.69 Å². The first-order valence-electron chi connectivity index (χ1n) is 8.56. The first kappa shape index (κ1) is 17.7. The number of anilines is 1. The first-order chi connectivity index (χ1) is 13.5. The topological polar surface area (TPSA) is 51.9 Å². The van der Waals surface area contributed by atoms with Gasteiger partial charge < -0.3 is 9.88 Å². The molecule has 0 spiro atoms. The van der Waals surface area contributed by atoms with Gasteiger partial charge in [-0.15, -0.1) is 0 Å². The summed E-state index contributed by atoms with van der Waals surface area (Å²) in [6.45, 7) is 0. The number of hydrogen-bond acceptors (Lipinski definition) is 2. The van der Waals surface area contributed by atoms with Crippen molar-refractivity contribution in [3.8, 4) is 17.1 Å². The predicted molar refractivity (Wildman–Crippen MR) is 102 cm³/mol. The minimum atomic E-state index is -0.536. The average Bonchev–Trinajstić information content (AvgIpc) is 3.30. The normalized spacial score (nSPS) is 10.8. The van der Waals surface area contributed by atoms with E-state index in [1.165, 1.54) is 41.1 Å². The molecule has 0 fully saturated rings. The number of amides is 1. The lowest BCUT2D eigenvalue weighted by Gasteiger charge is -2.09. The van der Waals surface area contributed by atoms with Gasteiger partial charge in [-0.25, -0.2) is 13.5 Å². The van der Waals surface area contributed by atoms with Gasteiger partial charge in [0.05, 0.1) is 17.1 Å². The van der Waals surface area contributed by atoms with Crippen LogP contribution in [0.2, 0.25) is 0 Å². The second kappa shape index (κ2) is 7.11. The molecule has 5 nitrogen and oxygen atoms in total. The highest BCUT2D eigenvalue weighted by Crippen LogP contribution is 2.23. The molecular weight excluding hydrogens is 362 g/mol. The molecule has 0 aliphatic carbocycles. The van der Waals surface area contributed by atoms with Crippen LogP contribution in [0.4, 0.5) is 14.5 Å². The van der Waals surface area contributed by atoms with Crippen LogP contribution in [0.15, 0.2) is 72.9 Å². The molecule has 28 heavy (non-hydrogen) atoms. The van der Waals surface area contributed by atoms with Gasteiger partial charge in [0.25, 0.3) is 5.91 Å². The average molecular weight is 378 g/mol. The number of hydrogen-bond donors (Lipinski definition) is 1. The second-order valence-corrected chi connectivity index (χ2v) is 6.24. The largest absolute Gasteiger partial charge is 0.349 e. The minimum Gasteiger partial charge on any atom is -0.349 e. The molecule has 2 heterocycles. The molecule has 1 amide bonds. The number of nitrogens with zero attached hydrogens (tertiary/aromatic N) is 3. The van der Waals surface area contributed by atoms with Gasteiger partial charge in [0.15, 0.2) is 0 Å². The van der Waals surface area contributed by atoms with Gasteiger partial charge in [0.1, 0.15) is 23.0 Å². The third-order valence-electron chi connectivity index (χ3n) is 4.34. The first-order valence-corrected chi connectivity index (χ1v) is 8.56. The summed E-state index contributed by atoms with van der Waals surface area (Å²) in [5.41, 5.74) is 2.16. The Bertz CT molecular complexity index is 1150. The van der Waals surface area contributed by atoms with E-state index in [2.05, 4.69) is 10.4 Å². The highest BCUT2D eigenvalue weighted by atomic mass is 19.1. The molecule has 4 aromatic rings. The molecule has 7 heteroatoms. The van der Waals surface area contributed by atoms with E-state index in [9.17, 15) is 13.6 Å². The van der Waals surface area contributed by atoms with E-state index in [0.29, 0.717) is 11.4 Å². The summed E-state index contributed by atoms with van der Waals surface area (Å²) in [5, 5.41) is 7.08. The summed E-state index contributed by atoms with van der Waals surface area (Å²) in [4.78, 5) is 12.9. The van der Waals surface area contributed by atoms with Crippen LogP contribution in [-0.2, 0) is 7.05 Å². The number of nitrogens with one attached hydrogen (secondary N) is 1. The van der Waals surface area contributed by atoms with E-state index in [1.807, 2.05) is 29.9 Å². The van der Waals surface area contributed by atoms with Gasteiger partial charge in [0, 0.05) is 13.2 Å². The van der Waals surface area contributed by atoms with E-state index in [-0.39, 0.29) is 11.4 Å². The molecule has 0 saturated heterocycles. The Hall–Kier alpha value is -3.74. The standard InChI is InChI=1S/C21H16F2N4O/c1-26-12-4-7-19(26)18-13-20(21(28)24-17-6-3-2-5-16(17)23)27(25-18)15-10-8-14(22)9-11-15/h2-13H,1H3,(H,24,28). The number of halogens is 2. The van der Waals surface area contributed by atoms with Crippen LogP contribution in [0, 0.1) is 11.6 Å². The highest BCUT2D eigenvalue weighted by molar-refractivity contribution is 6.04. The van der Waals surface area contributed by atoms with Crippen LogP contribution in [0.3, 0.4) is 0 Å². The molecule has 0 aliphatic heterocycles. The van der Waals surface area contributed by atoms with Crippen molar-refractivity contribution in [3.63, 3.8) is 0 Å². The van der Waals surface area contributed by atoms with Gasteiger partial charge in [-0.2, -0.15) is 5.10 Å². The smallest absolute Gasteiger partial charge is 0.274 e. The minimum absolute atomic E-state index is 0.0692. The predicted octanol–water partition coefficient (Wildman–Crippen LogP) is 4.41. The van der Waals surface area contributed by atoms with E-state index >= 15 is 0 Å². The zero-order valence-corrected chi connectivity index (χ0v) is 14.9. The van der Waals surface area contributed by atoms with Crippen LogP contribution in [0.25, 0.3) is 17.1 Å². The van der Waals surface area contributed by atoms with Crippen LogP contribution < -0.4 is 5.32 Å². The monoisotopic (exact) mass is 378 g/mol. The Kier molecular flexibility index (Phi) is 4.49. The molecule has 0 radical (unpaired) electrons. The van der Waals surface area contributed by atoms with Crippen LogP contribution in [0.5, 0.6) is 0 Å². The molecule has 140 valence electrons. The summed E-state index contributed by atoms with van der Waals surface area (Å²) >= 11 is 0. The summed E-state index contributed by atoms with van der Waals surface area (Å²) < 4.78 is 30.5. The maximum atomic E-state index is 13.9. The molecule has 1 N–H and O–H groups in total. The molecule has 0 saturated carbocycles. The second-order valence-electron chi connectivity index (χ2n) is 6.24. The Balaban J connectivity index is 1.79. The van der Waals surface area contributed by atoms with Crippen molar-refractivity contribution < 1.29 is 13.6 Å². The molecule has 0 bridgehead atoms. The van der Waals surface area contributed by atoms with Crippen molar-refractivity contribution in [3.05, 3.63) is 90.3 Å². The zero-order valence-electron chi connectivity index (χ0n) is 14.9. The fourth-order valence-corrected chi connectivity index (χ4v) is 2.92. The van der Waals surface area contributed by atoms with Crippen molar-refractivity contribution >= 4 is 11.6 Å². The van der Waals surface area contributed by atoms with E-state index < -0.39 is 17.5 Å². The summed E-state index contributed by atoms with van der Waals surface area (Å²) in [6, 6.07) is 16.9. The number of benzene rings is 2. The van der Waals surface area contributed by atoms with E-state index in [4.69, 9.17) is 0 Å². The number of aromatic nitrogens is 3. The summed E-state index contributed by atoms with van der Waals surface area (Å²) in [5.74, 6) is -1.45. The lowest BCUT2D eigenvalue weighted by molar-refractivity contribution is 0.101. The maximum Gasteiger partial charge on any atom is 0.274 e. The lowest BCUT2D eigenvalue weighted by Crippen LogP contribution is -2.17. The van der Waals surface area contributed by atoms with Crippen molar-refractivity contribution in [2.24, 2.45) is 7.05 Å². The number of aryl methyl sites for hydroxylation is 1. The van der Waals surface area contributed by atoms with Crippen LogP contribution >= 0.6 is 0 Å². The Morgan fingerprint density at radius 2 is 1.75 bits per heavy atom. The summed E-state index contributed by atoms with van der Waals surface area (Å²) in [7, 11) is 1.87. The lowest BCUT2D eigenvalue weighted by atomic mass is 10.2. The molecule has 0 aliphatic rings. The Morgan fingerprint density at radius 1 is 1.00 bits per heavy atom. The SMILES string of the molecule is Cn1cccc1-c1cc(C(=O)Nc2ccccc2F)n(-c2ccc(F)cc2)n1. The fourth-order valence-electron chi connectivity index (χ4n) is 2.92. The van der Waals surface area contributed by atoms with Gasteiger partial charge in [-0.1, -0.05) is 12.1 Å². The Morgan fingerprint density at radius 3 is 2.43 bits per heavy atom. The number of carbonyl (C=O) groups is 1. The third-order valence-corrected chi connectivity index (χ3v) is 4.34. The molecule has 2 aromatic carbocycles. The number of carbonyl (C=O) groups excluding carboxylic acids is 1. The van der Waals surface area contributed by atoms with Gasteiger partial charge >= 0.3 is 0 Å². The summed E-state index contributed by atoms with van der Waals surface area (Å²) in [6.07, 6.45) is 1.87. The molecule has 2 aromatic heterocycles. The van der Waals surface area contributed by atoms with E-state index in [1.54, 1.807) is 18.2 Å². The highest BCUT2D eigenvalue weighted by Gasteiger charge is 2.19. The van der Waals surface area contributed by atoms with Gasteiger partial charge in [-0.3, -0.25) is 4.79 Å². The fraction of sp³-hybridized carbons (Fsp3) is 0.0476. The zero-order chi connectivity index (χ0) is 19.7. The van der Waals surface area contributed by atoms with Crippen LogP contribution in [-0.4, -0.2) is 20.3 Å². The quantitative estimate of drug-likeness (QED) is 0.572. The molecule has 0 unspecified atom stereocenters. The molecule has 0 atom stereocenters.